The molecule has 1 saturated carbocycles. The van der Waals surface area contributed by atoms with E-state index in [4.69, 9.17) is 0 Å². The Morgan fingerprint density at radius 3 is 2.84 bits per heavy atom. The van der Waals surface area contributed by atoms with Gasteiger partial charge in [-0.1, -0.05) is 0 Å². The van der Waals surface area contributed by atoms with Gasteiger partial charge in [0.1, 0.15) is 12.9 Å². The molecule has 3 rings (SSSR count). The summed E-state index contributed by atoms with van der Waals surface area (Å²) in [7, 11) is 0. The summed E-state index contributed by atoms with van der Waals surface area (Å²) >= 11 is 0. The fourth-order valence-electron chi connectivity index (χ4n) is 2.00. The van der Waals surface area contributed by atoms with E-state index >= 15 is 0 Å². The Balaban J connectivity index is 1.53. The van der Waals surface area contributed by atoms with E-state index in [9.17, 15) is 4.79 Å². The zero-order valence-electron chi connectivity index (χ0n) is 10.6. The molecule has 0 aromatic carbocycles. The summed E-state index contributed by atoms with van der Waals surface area (Å²) < 4.78 is 1.84. The molecule has 1 aliphatic carbocycles. The highest BCUT2D eigenvalue weighted by atomic mass is 16.1. The molecule has 98 valence electrons. The number of carbonyl (C=O) groups is 1. The van der Waals surface area contributed by atoms with E-state index in [1.807, 2.05) is 35.2 Å². The molecule has 0 unspecified atom stereocenters. The maximum absolute atomic E-state index is 11.7. The molecule has 5 heteroatoms. The van der Waals surface area contributed by atoms with Crippen LogP contribution in [0.15, 0.2) is 36.9 Å². The quantitative estimate of drug-likeness (QED) is 0.881. The SMILES string of the molecule is O=C(Cn1cccc1)NCc1cc(C2CC2)ncn1. The lowest BCUT2D eigenvalue weighted by Crippen LogP contribution is -2.27. The predicted molar refractivity (Wildman–Crippen MR) is 70.3 cm³/mol. The van der Waals surface area contributed by atoms with Gasteiger partial charge in [0, 0.05) is 24.0 Å². The van der Waals surface area contributed by atoms with Crippen LogP contribution in [0.5, 0.6) is 0 Å². The van der Waals surface area contributed by atoms with Crippen LogP contribution in [-0.2, 0) is 17.9 Å². The van der Waals surface area contributed by atoms with Crippen LogP contribution in [-0.4, -0.2) is 20.4 Å². The van der Waals surface area contributed by atoms with Crippen LogP contribution in [0.25, 0.3) is 0 Å². The van der Waals surface area contributed by atoms with Crippen molar-refractivity contribution in [3.05, 3.63) is 48.3 Å². The van der Waals surface area contributed by atoms with Gasteiger partial charge in [-0.25, -0.2) is 9.97 Å². The van der Waals surface area contributed by atoms with Gasteiger partial charge in [-0.2, -0.15) is 0 Å². The fourth-order valence-corrected chi connectivity index (χ4v) is 2.00. The normalized spacial score (nSPS) is 14.3. The van der Waals surface area contributed by atoms with E-state index in [0.717, 1.165) is 11.4 Å². The molecule has 0 saturated heterocycles. The standard InChI is InChI=1S/C14H16N4O/c19-14(9-18-5-1-2-6-18)15-8-12-7-13(11-3-4-11)17-10-16-12/h1-2,5-7,10-11H,3-4,8-9H2,(H,15,19). The lowest BCUT2D eigenvalue weighted by atomic mass is 10.2. The number of nitrogens with one attached hydrogen (secondary N) is 1. The number of amides is 1. The van der Waals surface area contributed by atoms with E-state index in [1.54, 1.807) is 6.33 Å². The monoisotopic (exact) mass is 256 g/mol. The third-order valence-electron chi connectivity index (χ3n) is 3.20. The van der Waals surface area contributed by atoms with Crippen LogP contribution < -0.4 is 5.32 Å². The number of hydrogen-bond acceptors (Lipinski definition) is 3. The van der Waals surface area contributed by atoms with Gasteiger partial charge in [-0.15, -0.1) is 0 Å². The Morgan fingerprint density at radius 2 is 2.11 bits per heavy atom. The molecule has 0 aliphatic heterocycles. The molecule has 0 atom stereocenters. The highest BCUT2D eigenvalue weighted by Crippen LogP contribution is 2.38. The summed E-state index contributed by atoms with van der Waals surface area (Å²) in [6.45, 7) is 0.801. The topological polar surface area (TPSA) is 59.8 Å². The molecule has 2 heterocycles. The summed E-state index contributed by atoms with van der Waals surface area (Å²) in [6.07, 6.45) is 7.76. The smallest absolute Gasteiger partial charge is 0.240 e. The first kappa shape index (κ1) is 11.9. The third-order valence-corrected chi connectivity index (χ3v) is 3.20. The van der Waals surface area contributed by atoms with Crippen molar-refractivity contribution in [3.8, 4) is 0 Å². The summed E-state index contributed by atoms with van der Waals surface area (Å²) in [5.74, 6) is 0.597. The van der Waals surface area contributed by atoms with Gasteiger partial charge in [0.2, 0.25) is 5.91 Å². The van der Waals surface area contributed by atoms with E-state index in [2.05, 4.69) is 15.3 Å². The highest BCUT2D eigenvalue weighted by molar-refractivity contribution is 5.75. The Kier molecular flexibility index (Phi) is 3.27. The van der Waals surface area contributed by atoms with Crippen LogP contribution in [0, 0.1) is 0 Å². The van der Waals surface area contributed by atoms with Crippen LogP contribution in [0.2, 0.25) is 0 Å². The van der Waals surface area contributed by atoms with E-state index in [1.165, 1.54) is 12.8 Å². The van der Waals surface area contributed by atoms with E-state index in [0.29, 0.717) is 19.0 Å². The Labute approximate surface area is 111 Å². The molecule has 1 fully saturated rings. The molecule has 1 aliphatic rings. The molecule has 2 aromatic rings. The summed E-state index contributed by atoms with van der Waals surface area (Å²) in [6, 6.07) is 5.80. The molecular weight excluding hydrogens is 240 g/mol. The molecule has 1 N–H and O–H groups in total. The second-order valence-electron chi connectivity index (χ2n) is 4.84. The molecule has 0 spiro atoms. The average Bonchev–Trinajstić information content (AvgIpc) is 3.16. The summed E-state index contributed by atoms with van der Waals surface area (Å²) in [5.41, 5.74) is 1.97. The number of rotatable bonds is 5. The number of hydrogen-bond donors (Lipinski definition) is 1. The number of nitrogens with zero attached hydrogens (tertiary/aromatic N) is 3. The summed E-state index contributed by atoms with van der Waals surface area (Å²) in [5, 5.41) is 2.87. The third kappa shape index (κ3) is 3.19. The Morgan fingerprint density at radius 1 is 1.32 bits per heavy atom. The first-order chi connectivity index (χ1) is 9.31. The first-order valence-electron chi connectivity index (χ1n) is 6.49. The zero-order chi connectivity index (χ0) is 13.1. The maximum Gasteiger partial charge on any atom is 0.240 e. The lowest BCUT2D eigenvalue weighted by molar-refractivity contribution is -0.121. The second-order valence-corrected chi connectivity index (χ2v) is 4.84. The largest absolute Gasteiger partial charge is 0.349 e. The molecule has 5 nitrogen and oxygen atoms in total. The van der Waals surface area contributed by atoms with E-state index in [-0.39, 0.29) is 5.91 Å². The van der Waals surface area contributed by atoms with Crippen LogP contribution in [0.4, 0.5) is 0 Å². The Hall–Kier alpha value is -2.17. The van der Waals surface area contributed by atoms with Crippen LogP contribution in [0.1, 0.15) is 30.1 Å². The second kappa shape index (κ2) is 5.22. The zero-order valence-corrected chi connectivity index (χ0v) is 10.6. The van der Waals surface area contributed by atoms with Crippen molar-refractivity contribution in [2.24, 2.45) is 0 Å². The van der Waals surface area contributed by atoms with Crippen molar-refractivity contribution >= 4 is 5.91 Å². The highest BCUT2D eigenvalue weighted by Gasteiger charge is 2.25. The predicted octanol–water partition coefficient (Wildman–Crippen LogP) is 1.47. The van der Waals surface area contributed by atoms with Crippen molar-refractivity contribution in [2.75, 3.05) is 0 Å². The Bertz CT molecular complexity index is 561. The minimum atomic E-state index is -0.0113. The molecule has 19 heavy (non-hydrogen) atoms. The van der Waals surface area contributed by atoms with Crippen molar-refractivity contribution in [2.45, 2.75) is 31.8 Å². The summed E-state index contributed by atoms with van der Waals surface area (Å²) in [4.78, 5) is 20.2. The van der Waals surface area contributed by atoms with Crippen LogP contribution >= 0.6 is 0 Å². The number of aromatic nitrogens is 3. The van der Waals surface area contributed by atoms with Crippen LogP contribution in [0.3, 0.4) is 0 Å². The minimum absolute atomic E-state index is 0.0113. The fraction of sp³-hybridized carbons (Fsp3) is 0.357. The van der Waals surface area contributed by atoms with Gasteiger partial charge in [-0.3, -0.25) is 4.79 Å². The van der Waals surface area contributed by atoms with Gasteiger partial charge in [-0.05, 0) is 31.0 Å². The van der Waals surface area contributed by atoms with Gasteiger partial charge in [0.05, 0.1) is 12.2 Å². The maximum atomic E-state index is 11.7. The molecule has 0 bridgehead atoms. The molecular formula is C14H16N4O. The lowest BCUT2D eigenvalue weighted by Gasteiger charge is -2.06. The average molecular weight is 256 g/mol. The van der Waals surface area contributed by atoms with Gasteiger partial charge in [0.25, 0.3) is 0 Å². The molecule has 1 amide bonds. The first-order valence-corrected chi connectivity index (χ1v) is 6.49. The molecule has 2 aromatic heterocycles. The van der Waals surface area contributed by atoms with Gasteiger partial charge >= 0.3 is 0 Å². The van der Waals surface area contributed by atoms with Crippen molar-refractivity contribution in [3.63, 3.8) is 0 Å². The van der Waals surface area contributed by atoms with Gasteiger partial charge < -0.3 is 9.88 Å². The number of carbonyl (C=O) groups excluding carboxylic acids is 1. The molecule has 0 radical (unpaired) electrons. The van der Waals surface area contributed by atoms with Gasteiger partial charge in [0.15, 0.2) is 0 Å². The van der Waals surface area contributed by atoms with E-state index < -0.39 is 0 Å². The van der Waals surface area contributed by atoms with Crippen molar-refractivity contribution < 1.29 is 4.79 Å². The van der Waals surface area contributed by atoms with Crippen molar-refractivity contribution in [1.29, 1.82) is 0 Å². The minimum Gasteiger partial charge on any atom is -0.349 e. The van der Waals surface area contributed by atoms with Crippen molar-refractivity contribution in [1.82, 2.24) is 19.9 Å².